The van der Waals surface area contributed by atoms with E-state index in [9.17, 15) is 9.18 Å². The van der Waals surface area contributed by atoms with Crippen molar-refractivity contribution in [2.24, 2.45) is 0 Å². The summed E-state index contributed by atoms with van der Waals surface area (Å²) in [5.41, 5.74) is 9.75. The Labute approximate surface area is 141 Å². The van der Waals surface area contributed by atoms with Gasteiger partial charge in [0.25, 0.3) is 5.56 Å². The molecule has 0 aliphatic heterocycles. The van der Waals surface area contributed by atoms with Crippen molar-refractivity contribution in [3.05, 3.63) is 58.4 Å². The van der Waals surface area contributed by atoms with Crippen LogP contribution in [0.25, 0.3) is 39.1 Å². The van der Waals surface area contributed by atoms with Crippen LogP contribution in [0.5, 0.6) is 0 Å². The van der Waals surface area contributed by atoms with Gasteiger partial charge in [0, 0.05) is 17.1 Å². The number of H-pyrrole nitrogens is 2. The number of halogens is 1. The predicted molar refractivity (Wildman–Crippen MR) is 96.6 cm³/mol. The quantitative estimate of drug-likeness (QED) is 0.524. The number of benzene rings is 1. The Morgan fingerprint density at radius 3 is 2.84 bits per heavy atom. The molecular formula is C18H14FN5O. The van der Waals surface area contributed by atoms with Crippen LogP contribution in [0, 0.1) is 12.7 Å². The number of nitrogens with two attached hydrogens (primary N) is 1. The van der Waals surface area contributed by atoms with Crippen molar-refractivity contribution in [2.45, 2.75) is 6.92 Å². The first-order valence-electron chi connectivity index (χ1n) is 7.58. The Morgan fingerprint density at radius 1 is 1.28 bits per heavy atom. The highest BCUT2D eigenvalue weighted by molar-refractivity contribution is 6.06. The SMILES string of the molecule is C=Cc1cnc2c(-c3ccc(F)c4[nH]ncc34)c(N)c(=O)[nH]c2c1C. The molecule has 7 heteroatoms. The maximum Gasteiger partial charge on any atom is 0.272 e. The number of nitrogens with one attached hydrogen (secondary N) is 2. The first-order chi connectivity index (χ1) is 12.0. The second-order valence-corrected chi connectivity index (χ2v) is 5.76. The number of rotatable bonds is 2. The number of aromatic nitrogens is 4. The van der Waals surface area contributed by atoms with E-state index in [1.807, 2.05) is 6.92 Å². The maximum absolute atomic E-state index is 14.0. The molecule has 3 heterocycles. The number of aromatic amines is 2. The molecule has 0 aliphatic rings. The zero-order chi connectivity index (χ0) is 17.7. The Bertz CT molecular complexity index is 1220. The largest absolute Gasteiger partial charge is 0.394 e. The van der Waals surface area contributed by atoms with Crippen LogP contribution in [0.1, 0.15) is 11.1 Å². The van der Waals surface area contributed by atoms with E-state index in [-0.39, 0.29) is 11.2 Å². The summed E-state index contributed by atoms with van der Waals surface area (Å²) in [4.78, 5) is 19.6. The first kappa shape index (κ1) is 15.1. The van der Waals surface area contributed by atoms with Gasteiger partial charge >= 0.3 is 0 Å². The standard InChI is InChI=1S/C18H14FN5O/c1-3-9-6-21-17-13(14(20)18(25)23-15(17)8(9)2)10-4-5-12(19)16-11(10)7-22-24-16/h3-7H,1,20H2,2H3,(H,22,24)(H,23,25). The van der Waals surface area contributed by atoms with Crippen molar-refractivity contribution >= 4 is 33.7 Å². The molecule has 0 amide bonds. The van der Waals surface area contributed by atoms with Crippen molar-refractivity contribution in [3.63, 3.8) is 0 Å². The minimum absolute atomic E-state index is 0.0276. The smallest absolute Gasteiger partial charge is 0.272 e. The topological polar surface area (TPSA) is 100 Å². The van der Waals surface area contributed by atoms with E-state index < -0.39 is 11.4 Å². The Hall–Kier alpha value is -3.48. The lowest BCUT2D eigenvalue weighted by Gasteiger charge is -2.13. The Kier molecular flexibility index (Phi) is 3.18. The average molecular weight is 335 g/mol. The van der Waals surface area contributed by atoms with E-state index in [1.165, 1.54) is 12.3 Å². The third kappa shape index (κ3) is 2.06. The summed E-state index contributed by atoms with van der Waals surface area (Å²) in [5, 5.41) is 7.06. The molecule has 25 heavy (non-hydrogen) atoms. The molecule has 0 bridgehead atoms. The normalized spacial score (nSPS) is 11.3. The Balaban J connectivity index is 2.21. The number of fused-ring (bicyclic) bond motifs is 2. The second-order valence-electron chi connectivity index (χ2n) is 5.76. The van der Waals surface area contributed by atoms with Crippen LogP contribution in [0.15, 0.2) is 35.9 Å². The van der Waals surface area contributed by atoms with Gasteiger partial charge in [0.1, 0.15) is 17.0 Å². The number of pyridine rings is 2. The van der Waals surface area contributed by atoms with E-state index in [2.05, 4.69) is 26.7 Å². The molecular weight excluding hydrogens is 321 g/mol. The molecule has 4 rings (SSSR count). The van der Waals surface area contributed by atoms with E-state index in [4.69, 9.17) is 5.73 Å². The van der Waals surface area contributed by atoms with Gasteiger partial charge in [-0.1, -0.05) is 18.7 Å². The highest BCUT2D eigenvalue weighted by atomic mass is 19.1. The van der Waals surface area contributed by atoms with Crippen molar-refractivity contribution in [1.29, 1.82) is 0 Å². The van der Waals surface area contributed by atoms with Crippen LogP contribution in [-0.4, -0.2) is 20.2 Å². The summed E-state index contributed by atoms with van der Waals surface area (Å²) in [6.45, 7) is 5.62. The van der Waals surface area contributed by atoms with Gasteiger partial charge in [-0.25, -0.2) is 4.39 Å². The molecule has 124 valence electrons. The molecule has 0 saturated heterocycles. The third-order valence-corrected chi connectivity index (χ3v) is 4.42. The van der Waals surface area contributed by atoms with Crippen molar-refractivity contribution in [3.8, 4) is 11.1 Å². The molecule has 0 aliphatic carbocycles. The molecule has 0 fully saturated rings. The first-order valence-corrected chi connectivity index (χ1v) is 7.58. The molecule has 0 atom stereocenters. The lowest BCUT2D eigenvalue weighted by Crippen LogP contribution is -2.15. The minimum atomic E-state index is -0.429. The van der Waals surface area contributed by atoms with Crippen LogP contribution >= 0.6 is 0 Å². The van der Waals surface area contributed by atoms with E-state index in [0.717, 1.165) is 11.1 Å². The Morgan fingerprint density at radius 2 is 2.08 bits per heavy atom. The van der Waals surface area contributed by atoms with E-state index in [0.29, 0.717) is 27.5 Å². The summed E-state index contributed by atoms with van der Waals surface area (Å²) in [6.07, 6.45) is 4.84. The fourth-order valence-electron chi connectivity index (χ4n) is 3.08. The molecule has 1 aromatic carbocycles. The monoisotopic (exact) mass is 335 g/mol. The molecule has 3 aromatic heterocycles. The fraction of sp³-hybridized carbons (Fsp3) is 0.0556. The average Bonchev–Trinajstić information content (AvgIpc) is 3.09. The van der Waals surface area contributed by atoms with Crippen molar-refractivity contribution in [1.82, 2.24) is 20.2 Å². The molecule has 6 nitrogen and oxygen atoms in total. The number of hydrogen-bond donors (Lipinski definition) is 3. The summed E-state index contributed by atoms with van der Waals surface area (Å²) < 4.78 is 14.0. The minimum Gasteiger partial charge on any atom is -0.394 e. The lowest BCUT2D eigenvalue weighted by atomic mass is 9.97. The van der Waals surface area contributed by atoms with Gasteiger partial charge in [-0.05, 0) is 29.7 Å². The summed E-state index contributed by atoms with van der Waals surface area (Å²) in [5.74, 6) is -0.429. The predicted octanol–water partition coefficient (Wildman–Crippen LogP) is 3.14. The number of aryl methyl sites for hydroxylation is 1. The maximum atomic E-state index is 14.0. The molecule has 0 radical (unpaired) electrons. The van der Waals surface area contributed by atoms with Crippen molar-refractivity contribution < 1.29 is 4.39 Å². The fourth-order valence-corrected chi connectivity index (χ4v) is 3.08. The molecule has 0 spiro atoms. The second kappa shape index (κ2) is 5.27. The van der Waals surface area contributed by atoms with Gasteiger partial charge in [0.05, 0.1) is 17.2 Å². The van der Waals surface area contributed by atoms with Gasteiger partial charge in [0.15, 0.2) is 0 Å². The zero-order valence-corrected chi connectivity index (χ0v) is 13.4. The van der Waals surface area contributed by atoms with Crippen LogP contribution < -0.4 is 11.3 Å². The van der Waals surface area contributed by atoms with Gasteiger partial charge in [-0.15, -0.1) is 0 Å². The molecule has 0 saturated carbocycles. The highest BCUT2D eigenvalue weighted by Crippen LogP contribution is 2.36. The number of nitrogen functional groups attached to an aromatic ring is 1. The molecule has 4 N–H and O–H groups in total. The van der Waals surface area contributed by atoms with Crippen LogP contribution in [0.3, 0.4) is 0 Å². The zero-order valence-electron chi connectivity index (χ0n) is 13.4. The van der Waals surface area contributed by atoms with Crippen LogP contribution in [0.4, 0.5) is 10.1 Å². The summed E-state index contributed by atoms with van der Waals surface area (Å²) in [7, 11) is 0. The third-order valence-electron chi connectivity index (χ3n) is 4.42. The van der Waals surface area contributed by atoms with Gasteiger partial charge in [-0.2, -0.15) is 5.10 Å². The summed E-state index contributed by atoms with van der Waals surface area (Å²) >= 11 is 0. The van der Waals surface area contributed by atoms with E-state index >= 15 is 0 Å². The van der Waals surface area contributed by atoms with E-state index in [1.54, 1.807) is 18.3 Å². The highest BCUT2D eigenvalue weighted by Gasteiger charge is 2.19. The summed E-state index contributed by atoms with van der Waals surface area (Å²) in [6, 6.07) is 2.89. The van der Waals surface area contributed by atoms with Gasteiger partial charge < -0.3 is 10.7 Å². The lowest BCUT2D eigenvalue weighted by molar-refractivity contribution is 0.636. The molecule has 4 aromatic rings. The van der Waals surface area contributed by atoms with Gasteiger partial charge in [-0.3, -0.25) is 14.9 Å². The number of hydrogen-bond acceptors (Lipinski definition) is 4. The van der Waals surface area contributed by atoms with Crippen molar-refractivity contribution in [2.75, 3.05) is 5.73 Å². The number of anilines is 1. The number of nitrogens with zero attached hydrogens (tertiary/aromatic N) is 2. The van der Waals surface area contributed by atoms with Gasteiger partial charge in [0.2, 0.25) is 0 Å². The molecule has 0 unspecified atom stereocenters. The van der Waals surface area contributed by atoms with Crippen LogP contribution in [0.2, 0.25) is 0 Å². The van der Waals surface area contributed by atoms with Crippen LogP contribution in [-0.2, 0) is 0 Å².